The minimum atomic E-state index is -1.06. The van der Waals surface area contributed by atoms with Gasteiger partial charge < -0.3 is 10.1 Å². The van der Waals surface area contributed by atoms with Crippen molar-refractivity contribution >= 4 is 46.6 Å². The number of carbonyl (C=O) groups is 2. The van der Waals surface area contributed by atoms with Gasteiger partial charge in [0.15, 0.2) is 6.10 Å². The van der Waals surface area contributed by atoms with E-state index in [0.717, 1.165) is 10.9 Å². The number of hydrogen-bond acceptors (Lipinski definition) is 4. The molecule has 1 aromatic heterocycles. The second-order valence-corrected chi connectivity index (χ2v) is 5.96. The van der Waals surface area contributed by atoms with Crippen LogP contribution in [0.1, 0.15) is 11.8 Å². The van der Waals surface area contributed by atoms with Crippen molar-refractivity contribution in [2.24, 2.45) is 0 Å². The van der Waals surface area contributed by atoms with Gasteiger partial charge in [0.2, 0.25) is 0 Å². The van der Waals surface area contributed by atoms with E-state index >= 15 is 0 Å². The molecule has 2 aromatic rings. The van der Waals surface area contributed by atoms with Crippen molar-refractivity contribution in [3.63, 3.8) is 0 Å². The number of rotatable bonds is 5. The number of halogens is 2. The molecular weight excluding hydrogens is 341 g/mol. The lowest BCUT2D eigenvalue weighted by atomic mass is 10.3. The third kappa shape index (κ3) is 5.19. The Morgan fingerprint density at radius 3 is 2.83 bits per heavy atom. The predicted molar refractivity (Wildman–Crippen MR) is 88.9 cm³/mol. The quantitative estimate of drug-likeness (QED) is 0.649. The molecule has 0 bridgehead atoms. The first kappa shape index (κ1) is 17.2. The van der Waals surface area contributed by atoms with Gasteiger partial charge in [-0.3, -0.25) is 4.79 Å². The molecule has 0 fully saturated rings. The highest BCUT2D eigenvalue weighted by Gasteiger charge is 2.18. The minimum absolute atomic E-state index is 0.0311. The average molecular weight is 354 g/mol. The van der Waals surface area contributed by atoms with E-state index in [9.17, 15) is 14.0 Å². The predicted octanol–water partition coefficient (Wildman–Crippen LogP) is 4.12. The zero-order valence-electron chi connectivity index (χ0n) is 12.1. The van der Waals surface area contributed by atoms with Crippen molar-refractivity contribution in [2.45, 2.75) is 13.0 Å². The monoisotopic (exact) mass is 353 g/mol. The van der Waals surface area contributed by atoms with Gasteiger partial charge >= 0.3 is 5.97 Å². The average Bonchev–Trinajstić information content (AvgIpc) is 3.01. The number of hydrogen-bond donors (Lipinski definition) is 1. The van der Waals surface area contributed by atoms with Crippen LogP contribution >= 0.6 is 22.9 Å². The Kier molecular flexibility index (Phi) is 5.90. The fraction of sp³-hybridized carbons (Fsp3) is 0.125. The van der Waals surface area contributed by atoms with E-state index in [1.54, 1.807) is 6.08 Å². The van der Waals surface area contributed by atoms with Crippen LogP contribution in [0.2, 0.25) is 5.02 Å². The van der Waals surface area contributed by atoms with Crippen molar-refractivity contribution in [3.05, 3.63) is 57.5 Å². The van der Waals surface area contributed by atoms with E-state index in [1.165, 1.54) is 36.5 Å². The summed E-state index contributed by atoms with van der Waals surface area (Å²) in [6.07, 6.45) is 1.76. The molecule has 0 radical (unpaired) electrons. The number of nitrogens with one attached hydrogen (secondary N) is 1. The first-order chi connectivity index (χ1) is 11.0. The number of thiophene rings is 1. The van der Waals surface area contributed by atoms with Crippen LogP contribution in [0, 0.1) is 5.82 Å². The molecule has 0 unspecified atom stereocenters. The molecular formula is C16H13ClFNO3S. The third-order valence-corrected chi connectivity index (χ3v) is 3.85. The lowest BCUT2D eigenvalue weighted by molar-refractivity contribution is -0.148. The molecule has 120 valence electrons. The zero-order valence-corrected chi connectivity index (χ0v) is 13.7. The van der Waals surface area contributed by atoms with Crippen molar-refractivity contribution in [2.75, 3.05) is 5.32 Å². The summed E-state index contributed by atoms with van der Waals surface area (Å²) in [7, 11) is 0. The van der Waals surface area contributed by atoms with E-state index in [4.69, 9.17) is 16.3 Å². The molecule has 4 nitrogen and oxygen atoms in total. The van der Waals surface area contributed by atoms with Crippen molar-refractivity contribution in [1.82, 2.24) is 0 Å². The van der Waals surface area contributed by atoms with Crippen LogP contribution in [0.5, 0.6) is 0 Å². The fourth-order valence-electron chi connectivity index (χ4n) is 1.63. The van der Waals surface area contributed by atoms with E-state index in [0.29, 0.717) is 0 Å². The maximum Gasteiger partial charge on any atom is 0.331 e. The molecule has 2 rings (SSSR count). The summed E-state index contributed by atoms with van der Waals surface area (Å²) >= 11 is 7.10. The highest BCUT2D eigenvalue weighted by Crippen LogP contribution is 2.19. The van der Waals surface area contributed by atoms with Gasteiger partial charge in [-0.05, 0) is 42.6 Å². The Morgan fingerprint density at radius 1 is 1.39 bits per heavy atom. The summed E-state index contributed by atoms with van der Waals surface area (Å²) in [4.78, 5) is 24.4. The topological polar surface area (TPSA) is 55.4 Å². The van der Waals surface area contributed by atoms with Crippen LogP contribution in [-0.4, -0.2) is 18.0 Å². The van der Waals surface area contributed by atoms with Crippen LogP contribution in [0.3, 0.4) is 0 Å². The molecule has 0 saturated heterocycles. The van der Waals surface area contributed by atoms with Crippen LogP contribution in [0.25, 0.3) is 6.08 Å². The Bertz CT molecular complexity index is 731. The molecule has 1 amide bonds. The summed E-state index contributed by atoms with van der Waals surface area (Å²) in [5, 5.41) is 4.44. The summed E-state index contributed by atoms with van der Waals surface area (Å²) in [5.41, 5.74) is -0.0311. The first-order valence-electron chi connectivity index (χ1n) is 6.64. The van der Waals surface area contributed by atoms with Gasteiger partial charge in [0.25, 0.3) is 5.91 Å². The van der Waals surface area contributed by atoms with Gasteiger partial charge in [-0.2, -0.15) is 0 Å². The SMILES string of the molecule is C[C@@H](OC(=O)/C=C/c1cccs1)C(=O)Nc1ccc(Cl)cc1F. The smallest absolute Gasteiger partial charge is 0.331 e. The summed E-state index contributed by atoms with van der Waals surface area (Å²) in [5.74, 6) is -1.95. The molecule has 0 aliphatic carbocycles. The van der Waals surface area contributed by atoms with Gasteiger partial charge in [-0.1, -0.05) is 17.7 Å². The van der Waals surface area contributed by atoms with Crippen molar-refractivity contribution in [3.8, 4) is 0 Å². The molecule has 0 aliphatic heterocycles. The van der Waals surface area contributed by atoms with Gasteiger partial charge in [0.05, 0.1) is 5.69 Å². The Balaban J connectivity index is 1.90. The number of esters is 1. The lowest BCUT2D eigenvalue weighted by Crippen LogP contribution is -2.29. The van der Waals surface area contributed by atoms with E-state index < -0.39 is 23.8 Å². The summed E-state index contributed by atoms with van der Waals surface area (Å²) in [6, 6.07) is 7.55. The van der Waals surface area contributed by atoms with E-state index in [2.05, 4.69) is 5.32 Å². The lowest BCUT2D eigenvalue weighted by Gasteiger charge is -2.12. The molecule has 1 aromatic carbocycles. The van der Waals surface area contributed by atoms with Crippen LogP contribution in [0.4, 0.5) is 10.1 Å². The fourth-order valence-corrected chi connectivity index (χ4v) is 2.41. The maximum absolute atomic E-state index is 13.6. The second kappa shape index (κ2) is 7.89. The molecule has 1 N–H and O–H groups in total. The maximum atomic E-state index is 13.6. The van der Waals surface area contributed by atoms with Gasteiger partial charge in [0.1, 0.15) is 5.82 Å². The summed E-state index contributed by atoms with van der Waals surface area (Å²) < 4.78 is 18.6. The van der Waals surface area contributed by atoms with Crippen molar-refractivity contribution in [1.29, 1.82) is 0 Å². The van der Waals surface area contributed by atoms with Gasteiger partial charge in [-0.15, -0.1) is 11.3 Å². The molecule has 7 heteroatoms. The zero-order chi connectivity index (χ0) is 16.8. The van der Waals surface area contributed by atoms with Crippen LogP contribution in [-0.2, 0) is 14.3 Å². The summed E-state index contributed by atoms with van der Waals surface area (Å²) in [6.45, 7) is 1.40. The standard InChI is InChI=1S/C16H13ClFNO3S/c1-10(22-15(20)7-5-12-3-2-8-23-12)16(21)19-14-6-4-11(17)9-13(14)18/h2-10H,1H3,(H,19,21)/b7-5+/t10-/m1/s1. The molecule has 0 aliphatic rings. The highest BCUT2D eigenvalue weighted by molar-refractivity contribution is 7.10. The Morgan fingerprint density at radius 2 is 2.17 bits per heavy atom. The molecule has 1 heterocycles. The van der Waals surface area contributed by atoms with Gasteiger partial charge in [-0.25, -0.2) is 9.18 Å². The largest absolute Gasteiger partial charge is 0.449 e. The molecule has 1 atom stereocenters. The highest BCUT2D eigenvalue weighted by atomic mass is 35.5. The van der Waals surface area contributed by atoms with E-state index in [1.807, 2.05) is 17.5 Å². The van der Waals surface area contributed by atoms with Crippen molar-refractivity contribution < 1.29 is 18.7 Å². The van der Waals surface area contributed by atoms with Gasteiger partial charge in [0, 0.05) is 16.0 Å². The minimum Gasteiger partial charge on any atom is -0.449 e. The van der Waals surface area contributed by atoms with Crippen LogP contribution < -0.4 is 5.32 Å². The first-order valence-corrected chi connectivity index (χ1v) is 7.89. The molecule has 0 saturated carbocycles. The van der Waals surface area contributed by atoms with E-state index in [-0.39, 0.29) is 10.7 Å². The third-order valence-electron chi connectivity index (χ3n) is 2.78. The molecule has 0 spiro atoms. The number of anilines is 1. The number of amides is 1. The second-order valence-electron chi connectivity index (χ2n) is 4.54. The Hall–Kier alpha value is -2.18. The molecule has 23 heavy (non-hydrogen) atoms. The number of benzene rings is 1. The van der Waals surface area contributed by atoms with Crippen LogP contribution in [0.15, 0.2) is 41.8 Å². The Labute approximate surface area is 141 Å². The number of ether oxygens (including phenoxy) is 1. The normalized spacial score (nSPS) is 12.1. The number of carbonyl (C=O) groups excluding carboxylic acids is 2.